The van der Waals surface area contributed by atoms with Crippen molar-refractivity contribution in [3.8, 4) is 23.0 Å². The zero-order chi connectivity index (χ0) is 18.4. The highest BCUT2D eigenvalue weighted by Crippen LogP contribution is 2.30. The Labute approximate surface area is 147 Å². The summed E-state index contributed by atoms with van der Waals surface area (Å²) >= 11 is 0. The molecule has 0 unspecified atom stereocenters. The highest BCUT2D eigenvalue weighted by molar-refractivity contribution is 6.12. The third-order valence-electron chi connectivity index (χ3n) is 3.80. The summed E-state index contributed by atoms with van der Waals surface area (Å²) in [5.74, 6) is 2.24. The van der Waals surface area contributed by atoms with Crippen LogP contribution in [0, 0.1) is 0 Å². The van der Waals surface area contributed by atoms with Gasteiger partial charge >= 0.3 is 0 Å². The molecule has 0 aromatic heterocycles. The Balaban J connectivity index is 2.35. The van der Waals surface area contributed by atoms with Gasteiger partial charge in [-0.05, 0) is 48.4 Å². The lowest BCUT2D eigenvalue weighted by Gasteiger charge is -2.11. The molecule has 0 atom stereocenters. The second kappa shape index (κ2) is 8.24. The predicted molar refractivity (Wildman–Crippen MR) is 97.1 cm³/mol. The quantitative estimate of drug-likeness (QED) is 0.562. The molecule has 2 rings (SSSR count). The van der Waals surface area contributed by atoms with Crippen LogP contribution in [0.2, 0.25) is 0 Å². The van der Waals surface area contributed by atoms with Crippen molar-refractivity contribution in [3.63, 3.8) is 0 Å². The molecular formula is C20H22O5. The summed E-state index contributed by atoms with van der Waals surface area (Å²) in [6, 6.07) is 10.6. The van der Waals surface area contributed by atoms with E-state index in [4.69, 9.17) is 18.9 Å². The van der Waals surface area contributed by atoms with E-state index in [2.05, 4.69) is 0 Å². The Morgan fingerprint density at radius 3 is 2.08 bits per heavy atom. The number of carbonyl (C=O) groups is 1. The number of ketones is 1. The molecule has 2 aromatic carbocycles. The first-order valence-electron chi connectivity index (χ1n) is 7.71. The molecule has 0 N–H and O–H groups in total. The van der Waals surface area contributed by atoms with Gasteiger partial charge in [0, 0.05) is 6.07 Å². The normalized spacial score (nSPS) is 11.0. The van der Waals surface area contributed by atoms with Crippen LogP contribution in [-0.2, 0) is 0 Å². The Hall–Kier alpha value is -2.95. The first-order valence-corrected chi connectivity index (χ1v) is 7.71. The number of hydrogen-bond acceptors (Lipinski definition) is 5. The lowest BCUT2D eigenvalue weighted by atomic mass is 10.0. The molecule has 132 valence electrons. The van der Waals surface area contributed by atoms with E-state index in [0.29, 0.717) is 34.1 Å². The molecule has 25 heavy (non-hydrogen) atoms. The predicted octanol–water partition coefficient (Wildman–Crippen LogP) is 4.01. The van der Waals surface area contributed by atoms with E-state index in [1.54, 1.807) is 58.6 Å². The molecule has 0 aliphatic rings. The minimum atomic E-state index is -0.116. The van der Waals surface area contributed by atoms with Crippen LogP contribution < -0.4 is 18.9 Å². The van der Waals surface area contributed by atoms with Gasteiger partial charge in [0.2, 0.25) is 0 Å². The van der Waals surface area contributed by atoms with Crippen molar-refractivity contribution < 1.29 is 23.7 Å². The fourth-order valence-corrected chi connectivity index (χ4v) is 2.46. The van der Waals surface area contributed by atoms with Crippen LogP contribution in [0.4, 0.5) is 0 Å². The minimum Gasteiger partial charge on any atom is -0.497 e. The van der Waals surface area contributed by atoms with Crippen molar-refractivity contribution in [1.29, 1.82) is 0 Å². The van der Waals surface area contributed by atoms with Crippen LogP contribution in [-0.4, -0.2) is 34.2 Å². The van der Waals surface area contributed by atoms with Crippen LogP contribution in [0.25, 0.3) is 6.08 Å². The first kappa shape index (κ1) is 18.4. The molecule has 0 spiro atoms. The standard InChI is InChI=1S/C20H22O5/c1-13(10-14-6-9-17(23-3)19(11-14)25-5)20(21)16-8-7-15(22-2)12-18(16)24-4/h6-12H,1-5H3/b13-10+. The van der Waals surface area contributed by atoms with Crippen LogP contribution in [0.15, 0.2) is 42.0 Å². The molecule has 0 aliphatic carbocycles. The van der Waals surface area contributed by atoms with E-state index >= 15 is 0 Å². The molecule has 0 amide bonds. The first-order chi connectivity index (χ1) is 12.0. The van der Waals surface area contributed by atoms with Gasteiger partial charge in [0.15, 0.2) is 17.3 Å². The second-order valence-corrected chi connectivity index (χ2v) is 5.34. The van der Waals surface area contributed by atoms with Gasteiger partial charge in [-0.15, -0.1) is 0 Å². The number of rotatable bonds is 7. The third-order valence-corrected chi connectivity index (χ3v) is 3.80. The maximum Gasteiger partial charge on any atom is 0.192 e. The topological polar surface area (TPSA) is 54.0 Å². The molecule has 0 saturated carbocycles. The molecule has 0 radical (unpaired) electrons. The van der Waals surface area contributed by atoms with E-state index in [9.17, 15) is 4.79 Å². The summed E-state index contributed by atoms with van der Waals surface area (Å²) in [6.07, 6.45) is 1.80. The number of ether oxygens (including phenoxy) is 4. The Kier molecular flexibility index (Phi) is 6.06. The van der Waals surface area contributed by atoms with Gasteiger partial charge < -0.3 is 18.9 Å². The maximum atomic E-state index is 12.8. The molecular weight excluding hydrogens is 320 g/mol. The van der Waals surface area contributed by atoms with Gasteiger partial charge in [0.25, 0.3) is 0 Å². The van der Waals surface area contributed by atoms with Crippen molar-refractivity contribution in [3.05, 3.63) is 53.1 Å². The summed E-state index contributed by atoms with van der Waals surface area (Å²) in [6.45, 7) is 1.77. The highest BCUT2D eigenvalue weighted by Gasteiger charge is 2.15. The summed E-state index contributed by atoms with van der Waals surface area (Å²) in [5.41, 5.74) is 1.91. The van der Waals surface area contributed by atoms with Crippen LogP contribution >= 0.6 is 0 Å². The van der Waals surface area contributed by atoms with Gasteiger partial charge in [-0.25, -0.2) is 0 Å². The van der Waals surface area contributed by atoms with E-state index in [-0.39, 0.29) is 5.78 Å². The van der Waals surface area contributed by atoms with E-state index < -0.39 is 0 Å². The highest BCUT2D eigenvalue weighted by atomic mass is 16.5. The third kappa shape index (κ3) is 4.12. The van der Waals surface area contributed by atoms with Crippen molar-refractivity contribution in [1.82, 2.24) is 0 Å². The van der Waals surface area contributed by atoms with E-state index in [1.165, 1.54) is 7.11 Å². The van der Waals surface area contributed by atoms with Crippen molar-refractivity contribution in [2.24, 2.45) is 0 Å². The lowest BCUT2D eigenvalue weighted by Crippen LogP contribution is -2.04. The number of carbonyl (C=O) groups excluding carboxylic acids is 1. The number of Topliss-reactive ketones (excluding diaryl/α,β-unsaturated/α-hetero) is 1. The van der Waals surface area contributed by atoms with Crippen molar-refractivity contribution in [2.45, 2.75) is 6.92 Å². The number of methoxy groups -OCH3 is 4. The molecule has 0 saturated heterocycles. The Morgan fingerprint density at radius 1 is 0.800 bits per heavy atom. The number of allylic oxidation sites excluding steroid dienone is 1. The van der Waals surface area contributed by atoms with E-state index in [1.807, 2.05) is 12.1 Å². The van der Waals surface area contributed by atoms with Crippen LogP contribution in [0.1, 0.15) is 22.8 Å². The molecule has 0 aliphatic heterocycles. The Bertz CT molecular complexity index is 793. The molecule has 0 heterocycles. The summed E-state index contributed by atoms with van der Waals surface area (Å²) in [7, 11) is 6.25. The van der Waals surface area contributed by atoms with E-state index in [0.717, 1.165) is 5.56 Å². The SMILES string of the molecule is COc1ccc(C(=O)/C(C)=C/c2ccc(OC)c(OC)c2)c(OC)c1. The fraction of sp³-hybridized carbons (Fsp3) is 0.250. The fourth-order valence-electron chi connectivity index (χ4n) is 2.46. The van der Waals surface area contributed by atoms with Crippen LogP contribution in [0.3, 0.4) is 0 Å². The molecule has 0 fully saturated rings. The van der Waals surface area contributed by atoms with Gasteiger partial charge in [-0.2, -0.15) is 0 Å². The van der Waals surface area contributed by atoms with Gasteiger partial charge in [-0.1, -0.05) is 6.07 Å². The molecule has 0 bridgehead atoms. The van der Waals surface area contributed by atoms with Crippen molar-refractivity contribution >= 4 is 11.9 Å². The van der Waals surface area contributed by atoms with Crippen molar-refractivity contribution in [2.75, 3.05) is 28.4 Å². The zero-order valence-electron chi connectivity index (χ0n) is 15.1. The van der Waals surface area contributed by atoms with Gasteiger partial charge in [-0.3, -0.25) is 4.79 Å². The monoisotopic (exact) mass is 342 g/mol. The smallest absolute Gasteiger partial charge is 0.192 e. The lowest BCUT2D eigenvalue weighted by molar-refractivity contribution is 0.103. The number of hydrogen-bond donors (Lipinski definition) is 0. The largest absolute Gasteiger partial charge is 0.497 e. The summed E-state index contributed by atoms with van der Waals surface area (Å²) < 4.78 is 21.0. The molecule has 2 aromatic rings. The second-order valence-electron chi connectivity index (χ2n) is 5.34. The average Bonchev–Trinajstić information content (AvgIpc) is 2.66. The van der Waals surface area contributed by atoms with Gasteiger partial charge in [0.05, 0.1) is 34.0 Å². The van der Waals surface area contributed by atoms with Gasteiger partial charge in [0.1, 0.15) is 11.5 Å². The summed E-state index contributed by atoms with van der Waals surface area (Å²) in [5, 5.41) is 0. The van der Waals surface area contributed by atoms with Crippen LogP contribution in [0.5, 0.6) is 23.0 Å². The molecule has 5 heteroatoms. The summed E-state index contributed by atoms with van der Waals surface area (Å²) in [4.78, 5) is 12.8. The zero-order valence-corrected chi connectivity index (χ0v) is 15.1. The average molecular weight is 342 g/mol. The maximum absolute atomic E-state index is 12.8. The number of benzene rings is 2. The molecule has 5 nitrogen and oxygen atoms in total. The Morgan fingerprint density at radius 2 is 1.48 bits per heavy atom. The minimum absolute atomic E-state index is 0.116.